The number of carbonyl (C=O) groups is 1. The van der Waals surface area contributed by atoms with Crippen molar-refractivity contribution >= 4 is 23.3 Å². The fraction of sp³-hybridized carbons (Fsp3) is 0.273. The zero-order chi connectivity index (χ0) is 20.2. The number of halogens is 1. The Morgan fingerprint density at radius 3 is 2.72 bits per heavy atom. The first kappa shape index (κ1) is 19.3. The van der Waals surface area contributed by atoms with Gasteiger partial charge in [0.2, 0.25) is 5.91 Å². The Morgan fingerprint density at radius 2 is 2.00 bits per heavy atom. The van der Waals surface area contributed by atoms with E-state index in [1.54, 1.807) is 7.11 Å². The van der Waals surface area contributed by atoms with E-state index in [4.69, 9.17) is 16.3 Å². The predicted octanol–water partition coefficient (Wildman–Crippen LogP) is 3.68. The van der Waals surface area contributed by atoms with Crippen LogP contribution in [-0.2, 0) is 11.2 Å². The molecule has 1 unspecified atom stereocenters. The number of anilines is 1. The molecule has 1 aliphatic rings. The second kappa shape index (κ2) is 8.57. The number of hydrogen-bond donors (Lipinski definition) is 2. The lowest BCUT2D eigenvalue weighted by molar-refractivity contribution is -0.121. The second-order valence-electron chi connectivity index (χ2n) is 7.17. The summed E-state index contributed by atoms with van der Waals surface area (Å²) in [7, 11) is 1.63. The number of nitrogens with zero attached hydrogens (tertiary/aromatic N) is 2. The van der Waals surface area contributed by atoms with Crippen molar-refractivity contribution in [3.8, 4) is 17.0 Å². The Balaban J connectivity index is 1.32. The van der Waals surface area contributed by atoms with Crippen molar-refractivity contribution in [2.24, 2.45) is 0 Å². The average molecular weight is 411 g/mol. The number of methoxy groups -OCH3 is 1. The molecule has 2 aromatic carbocycles. The smallest absolute Gasteiger partial charge is 0.224 e. The summed E-state index contributed by atoms with van der Waals surface area (Å²) in [6.07, 6.45) is 1.26. The quantitative estimate of drug-likeness (QED) is 0.650. The average Bonchev–Trinajstić information content (AvgIpc) is 3.39. The van der Waals surface area contributed by atoms with Gasteiger partial charge < -0.3 is 15.0 Å². The molecule has 1 aliphatic heterocycles. The molecule has 3 aromatic rings. The van der Waals surface area contributed by atoms with Crippen LogP contribution in [0.2, 0.25) is 5.02 Å². The summed E-state index contributed by atoms with van der Waals surface area (Å²) in [5.74, 6) is 1.71. The summed E-state index contributed by atoms with van der Waals surface area (Å²) in [5.41, 5.74) is 2.96. The van der Waals surface area contributed by atoms with Gasteiger partial charge in [-0.25, -0.2) is 0 Å². The lowest BCUT2D eigenvalue weighted by atomic mass is 10.1. The highest BCUT2D eigenvalue weighted by atomic mass is 35.5. The molecule has 4 rings (SSSR count). The van der Waals surface area contributed by atoms with Crippen LogP contribution in [0.25, 0.3) is 11.3 Å². The molecule has 0 aliphatic carbocycles. The highest BCUT2D eigenvalue weighted by molar-refractivity contribution is 6.30. The van der Waals surface area contributed by atoms with Gasteiger partial charge in [0.05, 0.1) is 19.2 Å². The summed E-state index contributed by atoms with van der Waals surface area (Å²) in [4.78, 5) is 14.6. The minimum atomic E-state index is 0.0332. The van der Waals surface area contributed by atoms with Crippen molar-refractivity contribution < 1.29 is 9.53 Å². The van der Waals surface area contributed by atoms with Crippen molar-refractivity contribution in [2.45, 2.75) is 18.9 Å². The molecule has 0 saturated carbocycles. The van der Waals surface area contributed by atoms with Crippen molar-refractivity contribution in [3.63, 3.8) is 0 Å². The van der Waals surface area contributed by atoms with Gasteiger partial charge in [-0.2, -0.15) is 5.10 Å². The van der Waals surface area contributed by atoms with Gasteiger partial charge in [-0.15, -0.1) is 0 Å². The summed E-state index contributed by atoms with van der Waals surface area (Å²) >= 11 is 5.96. The molecule has 1 fully saturated rings. The van der Waals surface area contributed by atoms with Gasteiger partial charge in [-0.05, 0) is 41.8 Å². The van der Waals surface area contributed by atoms with Crippen molar-refractivity contribution in [2.75, 3.05) is 25.1 Å². The lowest BCUT2D eigenvalue weighted by Crippen LogP contribution is -2.38. The second-order valence-corrected chi connectivity index (χ2v) is 7.61. The standard InChI is InChI=1S/C22H23ClN4O2/c1-29-19-8-2-15(3-9-19)12-22(28)24-18-10-11-27(14-18)21-13-20(25-26-21)16-4-6-17(23)7-5-16/h2-9,13,18H,10-12,14H2,1H3,(H,24,28)(H,25,26). The summed E-state index contributed by atoms with van der Waals surface area (Å²) < 4.78 is 5.15. The lowest BCUT2D eigenvalue weighted by Gasteiger charge is -2.16. The van der Waals surface area contributed by atoms with Crippen LogP contribution in [0.3, 0.4) is 0 Å². The van der Waals surface area contributed by atoms with Crippen LogP contribution in [0.15, 0.2) is 54.6 Å². The Bertz CT molecular complexity index is 969. The maximum absolute atomic E-state index is 12.4. The topological polar surface area (TPSA) is 70.2 Å². The molecule has 1 atom stereocenters. The third-order valence-electron chi connectivity index (χ3n) is 5.12. The molecule has 0 spiro atoms. The summed E-state index contributed by atoms with van der Waals surface area (Å²) in [5, 5.41) is 11.4. The highest BCUT2D eigenvalue weighted by Gasteiger charge is 2.25. The van der Waals surface area contributed by atoms with Gasteiger partial charge in [0, 0.05) is 30.2 Å². The van der Waals surface area contributed by atoms with Crippen LogP contribution in [0.1, 0.15) is 12.0 Å². The number of nitrogens with one attached hydrogen (secondary N) is 2. The minimum absolute atomic E-state index is 0.0332. The minimum Gasteiger partial charge on any atom is -0.497 e. The van der Waals surface area contributed by atoms with Gasteiger partial charge in [-0.1, -0.05) is 35.9 Å². The van der Waals surface area contributed by atoms with Gasteiger partial charge in [-0.3, -0.25) is 9.89 Å². The fourth-order valence-electron chi connectivity index (χ4n) is 3.54. The van der Waals surface area contributed by atoms with E-state index in [1.165, 1.54) is 0 Å². The zero-order valence-corrected chi connectivity index (χ0v) is 16.9. The van der Waals surface area contributed by atoms with E-state index < -0.39 is 0 Å². The molecule has 2 N–H and O–H groups in total. The fourth-order valence-corrected chi connectivity index (χ4v) is 3.67. The Hall–Kier alpha value is -2.99. The number of carbonyl (C=O) groups excluding carboxylic acids is 1. The van der Waals surface area contributed by atoms with E-state index in [0.717, 1.165) is 47.9 Å². The number of ether oxygens (including phenoxy) is 1. The van der Waals surface area contributed by atoms with Crippen LogP contribution in [0.4, 0.5) is 5.82 Å². The van der Waals surface area contributed by atoms with Gasteiger partial charge >= 0.3 is 0 Å². The van der Waals surface area contributed by atoms with Crippen LogP contribution < -0.4 is 15.0 Å². The number of hydrogen-bond acceptors (Lipinski definition) is 4. The van der Waals surface area contributed by atoms with Gasteiger partial charge in [0.1, 0.15) is 5.75 Å². The van der Waals surface area contributed by atoms with E-state index in [0.29, 0.717) is 11.4 Å². The van der Waals surface area contributed by atoms with Crippen LogP contribution in [0.5, 0.6) is 5.75 Å². The molecule has 7 heteroatoms. The normalized spacial score (nSPS) is 16.1. The van der Waals surface area contributed by atoms with Crippen molar-refractivity contribution in [1.29, 1.82) is 0 Å². The maximum Gasteiger partial charge on any atom is 0.224 e. The molecular weight excluding hydrogens is 388 g/mol. The number of H-pyrrole nitrogens is 1. The number of benzene rings is 2. The molecule has 1 amide bonds. The third kappa shape index (κ3) is 4.71. The summed E-state index contributed by atoms with van der Waals surface area (Å²) in [6, 6.07) is 17.4. The molecular formula is C22H23ClN4O2. The monoisotopic (exact) mass is 410 g/mol. The molecule has 1 saturated heterocycles. The number of rotatable bonds is 6. The Labute approximate surface area is 174 Å². The van der Waals surface area contributed by atoms with E-state index in [-0.39, 0.29) is 11.9 Å². The van der Waals surface area contributed by atoms with Crippen LogP contribution in [-0.4, -0.2) is 42.3 Å². The number of aromatic nitrogens is 2. The molecule has 0 bridgehead atoms. The molecule has 6 nitrogen and oxygen atoms in total. The van der Waals surface area contributed by atoms with Crippen LogP contribution in [0, 0.1) is 0 Å². The SMILES string of the molecule is COc1ccc(CC(=O)NC2CCN(c3cc(-c4ccc(Cl)cc4)[nH]n3)C2)cc1. The first-order chi connectivity index (χ1) is 14.1. The Morgan fingerprint density at radius 1 is 1.24 bits per heavy atom. The van der Waals surface area contributed by atoms with Crippen LogP contribution >= 0.6 is 11.6 Å². The molecule has 0 radical (unpaired) electrons. The summed E-state index contributed by atoms with van der Waals surface area (Å²) in [6.45, 7) is 1.61. The number of amides is 1. The van der Waals surface area contributed by atoms with E-state index >= 15 is 0 Å². The Kier molecular flexibility index (Phi) is 5.71. The third-order valence-corrected chi connectivity index (χ3v) is 5.37. The van der Waals surface area contributed by atoms with Crippen molar-refractivity contribution in [1.82, 2.24) is 15.5 Å². The molecule has 2 heterocycles. The molecule has 1 aromatic heterocycles. The zero-order valence-electron chi connectivity index (χ0n) is 16.2. The maximum atomic E-state index is 12.4. The van der Waals surface area contributed by atoms with Crippen molar-refractivity contribution in [3.05, 3.63) is 65.2 Å². The highest BCUT2D eigenvalue weighted by Crippen LogP contribution is 2.25. The van der Waals surface area contributed by atoms with Gasteiger partial charge in [0.25, 0.3) is 0 Å². The number of aromatic amines is 1. The van der Waals surface area contributed by atoms with E-state index in [2.05, 4.69) is 20.4 Å². The van der Waals surface area contributed by atoms with E-state index in [9.17, 15) is 4.79 Å². The van der Waals surface area contributed by atoms with E-state index in [1.807, 2.05) is 54.6 Å². The molecule has 29 heavy (non-hydrogen) atoms. The predicted molar refractivity (Wildman–Crippen MR) is 114 cm³/mol. The van der Waals surface area contributed by atoms with Gasteiger partial charge in [0.15, 0.2) is 5.82 Å². The first-order valence-electron chi connectivity index (χ1n) is 9.59. The first-order valence-corrected chi connectivity index (χ1v) is 9.97. The largest absolute Gasteiger partial charge is 0.497 e. The molecule has 150 valence electrons.